The standard InChI is InChI=1S/C14H20N6OS/c1-10-17-12(8-22-10)6-15-14(21)20-5-3-4-11(7-20)13-18-16-9-19(13)2/h8-9,11H,3-7H2,1-2H3,(H,15,21)/t11-/m0/s1. The van der Waals surface area contributed by atoms with E-state index in [9.17, 15) is 4.79 Å². The van der Waals surface area contributed by atoms with Gasteiger partial charge in [-0.25, -0.2) is 9.78 Å². The van der Waals surface area contributed by atoms with Gasteiger partial charge in [-0.2, -0.15) is 0 Å². The molecule has 0 spiro atoms. The zero-order valence-electron chi connectivity index (χ0n) is 12.8. The van der Waals surface area contributed by atoms with Crippen molar-refractivity contribution in [3.8, 4) is 0 Å². The van der Waals surface area contributed by atoms with Crippen LogP contribution < -0.4 is 5.32 Å². The number of urea groups is 1. The second-order valence-electron chi connectivity index (χ2n) is 5.60. The van der Waals surface area contributed by atoms with Gasteiger partial charge in [0.25, 0.3) is 0 Å². The summed E-state index contributed by atoms with van der Waals surface area (Å²) in [6, 6.07) is -0.0301. The van der Waals surface area contributed by atoms with Crippen molar-refractivity contribution in [1.29, 1.82) is 0 Å². The van der Waals surface area contributed by atoms with E-state index >= 15 is 0 Å². The summed E-state index contributed by atoms with van der Waals surface area (Å²) in [5.41, 5.74) is 0.915. The molecule has 0 unspecified atom stereocenters. The monoisotopic (exact) mass is 320 g/mol. The molecule has 2 aromatic heterocycles. The fraction of sp³-hybridized carbons (Fsp3) is 0.571. The average Bonchev–Trinajstić information content (AvgIpc) is 3.13. The van der Waals surface area contributed by atoms with Crippen molar-refractivity contribution in [2.24, 2.45) is 7.05 Å². The number of nitrogens with zero attached hydrogens (tertiary/aromatic N) is 5. The highest BCUT2D eigenvalue weighted by Gasteiger charge is 2.27. The number of likely N-dealkylation sites (tertiary alicyclic amines) is 1. The molecule has 2 amide bonds. The Kier molecular flexibility index (Phi) is 4.37. The second kappa shape index (κ2) is 6.43. The molecular weight excluding hydrogens is 300 g/mol. The van der Waals surface area contributed by atoms with Crippen LogP contribution >= 0.6 is 11.3 Å². The second-order valence-corrected chi connectivity index (χ2v) is 6.66. The summed E-state index contributed by atoms with van der Waals surface area (Å²) in [5, 5.41) is 14.1. The topological polar surface area (TPSA) is 75.9 Å². The third kappa shape index (κ3) is 3.27. The van der Waals surface area contributed by atoms with Gasteiger partial charge in [0.05, 0.1) is 17.2 Å². The van der Waals surface area contributed by atoms with Gasteiger partial charge < -0.3 is 14.8 Å². The van der Waals surface area contributed by atoms with Gasteiger partial charge in [0.15, 0.2) is 0 Å². The molecule has 1 N–H and O–H groups in total. The number of carbonyl (C=O) groups is 1. The van der Waals surface area contributed by atoms with E-state index in [1.165, 1.54) is 0 Å². The Labute approximate surface area is 133 Å². The molecule has 1 aliphatic rings. The first-order valence-electron chi connectivity index (χ1n) is 7.41. The number of aromatic nitrogens is 4. The number of piperidine rings is 1. The smallest absolute Gasteiger partial charge is 0.317 e. The van der Waals surface area contributed by atoms with E-state index in [1.54, 1.807) is 17.7 Å². The molecule has 3 heterocycles. The molecule has 118 valence electrons. The van der Waals surface area contributed by atoms with Crippen molar-refractivity contribution in [2.45, 2.75) is 32.2 Å². The van der Waals surface area contributed by atoms with E-state index in [0.29, 0.717) is 13.1 Å². The maximum absolute atomic E-state index is 12.3. The minimum Gasteiger partial charge on any atom is -0.332 e. The van der Waals surface area contributed by atoms with E-state index in [2.05, 4.69) is 20.5 Å². The highest BCUT2D eigenvalue weighted by Crippen LogP contribution is 2.24. The van der Waals surface area contributed by atoms with Crippen LogP contribution in [0.1, 0.15) is 35.3 Å². The number of nitrogens with one attached hydrogen (secondary N) is 1. The number of hydrogen-bond donors (Lipinski definition) is 1. The van der Waals surface area contributed by atoms with Gasteiger partial charge in [-0.3, -0.25) is 0 Å². The van der Waals surface area contributed by atoms with Crippen LogP contribution in [-0.4, -0.2) is 43.8 Å². The maximum Gasteiger partial charge on any atom is 0.317 e. The number of rotatable bonds is 3. The van der Waals surface area contributed by atoms with E-state index in [-0.39, 0.29) is 11.9 Å². The number of carbonyl (C=O) groups excluding carboxylic acids is 1. The number of thiazole rings is 1. The normalized spacial score (nSPS) is 18.5. The summed E-state index contributed by atoms with van der Waals surface area (Å²) in [5.74, 6) is 1.21. The average molecular weight is 320 g/mol. The Morgan fingerprint density at radius 2 is 2.41 bits per heavy atom. The van der Waals surface area contributed by atoms with E-state index in [1.807, 2.05) is 28.8 Å². The van der Waals surface area contributed by atoms with Crippen LogP contribution in [-0.2, 0) is 13.6 Å². The molecule has 1 saturated heterocycles. The van der Waals surface area contributed by atoms with Gasteiger partial charge in [-0.1, -0.05) is 0 Å². The van der Waals surface area contributed by atoms with Crippen LogP contribution in [0.15, 0.2) is 11.7 Å². The third-order valence-electron chi connectivity index (χ3n) is 3.91. The van der Waals surface area contributed by atoms with Gasteiger partial charge in [-0.05, 0) is 19.8 Å². The molecule has 2 aromatic rings. The van der Waals surface area contributed by atoms with Crippen molar-refractivity contribution in [2.75, 3.05) is 13.1 Å². The molecule has 1 aliphatic heterocycles. The molecule has 22 heavy (non-hydrogen) atoms. The largest absolute Gasteiger partial charge is 0.332 e. The summed E-state index contributed by atoms with van der Waals surface area (Å²) in [7, 11) is 1.94. The molecule has 0 aromatic carbocycles. The molecule has 7 nitrogen and oxygen atoms in total. The predicted molar refractivity (Wildman–Crippen MR) is 83.6 cm³/mol. The van der Waals surface area contributed by atoms with Gasteiger partial charge in [-0.15, -0.1) is 21.5 Å². The maximum atomic E-state index is 12.3. The fourth-order valence-electron chi connectivity index (χ4n) is 2.80. The summed E-state index contributed by atoms with van der Waals surface area (Å²) in [4.78, 5) is 18.5. The van der Waals surface area contributed by atoms with Gasteiger partial charge in [0.2, 0.25) is 0 Å². The van der Waals surface area contributed by atoms with Crippen molar-refractivity contribution in [3.63, 3.8) is 0 Å². The molecule has 3 rings (SSSR count). The number of aryl methyl sites for hydroxylation is 2. The summed E-state index contributed by atoms with van der Waals surface area (Å²) < 4.78 is 1.93. The van der Waals surface area contributed by atoms with Crippen LogP contribution in [0.25, 0.3) is 0 Å². The molecule has 0 aliphatic carbocycles. The van der Waals surface area contributed by atoms with Gasteiger partial charge in [0.1, 0.15) is 12.2 Å². The fourth-order valence-corrected chi connectivity index (χ4v) is 3.41. The van der Waals surface area contributed by atoms with Gasteiger partial charge >= 0.3 is 6.03 Å². The Balaban J connectivity index is 1.57. The lowest BCUT2D eigenvalue weighted by molar-refractivity contribution is 0.177. The molecule has 0 saturated carbocycles. The summed E-state index contributed by atoms with van der Waals surface area (Å²) in [6.45, 7) is 3.92. The Hall–Kier alpha value is -1.96. The zero-order valence-corrected chi connectivity index (χ0v) is 13.6. The Bertz CT molecular complexity index is 651. The quantitative estimate of drug-likeness (QED) is 0.933. The van der Waals surface area contributed by atoms with Crippen LogP contribution in [0.5, 0.6) is 0 Å². The van der Waals surface area contributed by atoms with E-state index < -0.39 is 0 Å². The van der Waals surface area contributed by atoms with Gasteiger partial charge in [0, 0.05) is 31.4 Å². The highest BCUT2D eigenvalue weighted by atomic mass is 32.1. The van der Waals surface area contributed by atoms with Crippen molar-refractivity contribution < 1.29 is 4.79 Å². The number of amides is 2. The minimum atomic E-state index is -0.0301. The lowest BCUT2D eigenvalue weighted by Gasteiger charge is -2.32. The lowest BCUT2D eigenvalue weighted by Crippen LogP contribution is -2.45. The first-order valence-corrected chi connectivity index (χ1v) is 8.29. The SMILES string of the molecule is Cc1nc(CNC(=O)N2CCC[C@H](c3nncn3C)C2)cs1. The molecular formula is C14H20N6OS. The highest BCUT2D eigenvalue weighted by molar-refractivity contribution is 7.09. The predicted octanol–water partition coefficient (Wildman–Crippen LogP) is 1.67. The number of hydrogen-bond acceptors (Lipinski definition) is 5. The van der Waals surface area contributed by atoms with Crippen LogP contribution in [0.4, 0.5) is 4.79 Å². The van der Waals surface area contributed by atoms with Crippen molar-refractivity contribution in [3.05, 3.63) is 28.2 Å². The molecule has 0 radical (unpaired) electrons. The zero-order chi connectivity index (χ0) is 15.5. The molecule has 8 heteroatoms. The first kappa shape index (κ1) is 15.0. The molecule has 1 atom stereocenters. The van der Waals surface area contributed by atoms with Crippen LogP contribution in [0.3, 0.4) is 0 Å². The third-order valence-corrected chi connectivity index (χ3v) is 4.73. The summed E-state index contributed by atoms with van der Waals surface area (Å²) in [6.07, 6.45) is 3.74. The Morgan fingerprint density at radius 1 is 1.55 bits per heavy atom. The summed E-state index contributed by atoms with van der Waals surface area (Å²) >= 11 is 1.60. The van der Waals surface area contributed by atoms with E-state index in [0.717, 1.165) is 35.9 Å². The van der Waals surface area contributed by atoms with Crippen LogP contribution in [0.2, 0.25) is 0 Å². The Morgan fingerprint density at radius 3 is 3.09 bits per heavy atom. The molecule has 1 fully saturated rings. The minimum absolute atomic E-state index is 0.0301. The van der Waals surface area contributed by atoms with Crippen molar-refractivity contribution in [1.82, 2.24) is 30.0 Å². The molecule has 0 bridgehead atoms. The first-order chi connectivity index (χ1) is 10.6. The van der Waals surface area contributed by atoms with E-state index in [4.69, 9.17) is 0 Å². The lowest BCUT2D eigenvalue weighted by atomic mass is 9.97. The van der Waals surface area contributed by atoms with Crippen LogP contribution in [0, 0.1) is 6.92 Å². The van der Waals surface area contributed by atoms with Crippen molar-refractivity contribution >= 4 is 17.4 Å².